The van der Waals surface area contributed by atoms with Gasteiger partial charge < -0.3 is 9.84 Å². The number of rotatable bonds is 5. The summed E-state index contributed by atoms with van der Waals surface area (Å²) in [6.07, 6.45) is 0. The smallest absolute Gasteiger partial charge is 0.267 e. The molecule has 7 heteroatoms. The standard InChI is InChI=1S/C19H21N3O3S/c1-12-5-10-18(13(2)11-12)20-16-6-8-17(9-7-16)22-26(23,24)19-14(3)21-25-15(19)4/h5-11,20,22H,1-4H3. The fourth-order valence-electron chi connectivity index (χ4n) is 2.80. The Kier molecular flexibility index (Phi) is 4.73. The summed E-state index contributed by atoms with van der Waals surface area (Å²) in [6, 6.07) is 13.2. The van der Waals surface area contributed by atoms with E-state index < -0.39 is 10.0 Å². The number of hydrogen-bond donors (Lipinski definition) is 2. The SMILES string of the molecule is Cc1ccc(Nc2ccc(NS(=O)(=O)c3c(C)noc3C)cc2)c(C)c1. The summed E-state index contributed by atoms with van der Waals surface area (Å²) < 4.78 is 32.6. The Labute approximate surface area is 153 Å². The van der Waals surface area contributed by atoms with Crippen molar-refractivity contribution in [3.63, 3.8) is 0 Å². The highest BCUT2D eigenvalue weighted by Crippen LogP contribution is 2.25. The van der Waals surface area contributed by atoms with E-state index in [2.05, 4.69) is 28.2 Å². The van der Waals surface area contributed by atoms with E-state index in [-0.39, 0.29) is 10.7 Å². The molecule has 0 aliphatic heterocycles. The number of aromatic nitrogens is 1. The predicted molar refractivity (Wildman–Crippen MR) is 102 cm³/mol. The van der Waals surface area contributed by atoms with Crippen molar-refractivity contribution in [2.24, 2.45) is 0 Å². The number of nitrogens with one attached hydrogen (secondary N) is 2. The van der Waals surface area contributed by atoms with Crippen molar-refractivity contribution in [1.29, 1.82) is 0 Å². The van der Waals surface area contributed by atoms with Crippen LogP contribution < -0.4 is 10.0 Å². The highest BCUT2D eigenvalue weighted by atomic mass is 32.2. The Morgan fingerprint density at radius 1 is 0.923 bits per heavy atom. The van der Waals surface area contributed by atoms with E-state index in [0.717, 1.165) is 16.9 Å². The van der Waals surface area contributed by atoms with Gasteiger partial charge in [0.05, 0.1) is 0 Å². The number of nitrogens with zero attached hydrogens (tertiary/aromatic N) is 1. The molecule has 26 heavy (non-hydrogen) atoms. The summed E-state index contributed by atoms with van der Waals surface area (Å²) >= 11 is 0. The van der Waals surface area contributed by atoms with Gasteiger partial charge >= 0.3 is 0 Å². The molecule has 0 saturated heterocycles. The van der Waals surface area contributed by atoms with E-state index >= 15 is 0 Å². The molecule has 0 unspecified atom stereocenters. The zero-order chi connectivity index (χ0) is 18.9. The van der Waals surface area contributed by atoms with E-state index in [9.17, 15) is 8.42 Å². The minimum atomic E-state index is -3.74. The molecular weight excluding hydrogens is 350 g/mol. The monoisotopic (exact) mass is 371 g/mol. The third kappa shape index (κ3) is 3.72. The normalized spacial score (nSPS) is 11.4. The zero-order valence-corrected chi connectivity index (χ0v) is 15.9. The third-order valence-electron chi connectivity index (χ3n) is 4.03. The molecule has 0 saturated carbocycles. The molecule has 0 fully saturated rings. The Hall–Kier alpha value is -2.80. The first-order valence-electron chi connectivity index (χ1n) is 8.16. The van der Waals surface area contributed by atoms with E-state index in [4.69, 9.17) is 4.52 Å². The van der Waals surface area contributed by atoms with Crippen LogP contribution in [0.25, 0.3) is 0 Å². The van der Waals surface area contributed by atoms with Gasteiger partial charge in [0.15, 0.2) is 10.7 Å². The Morgan fingerprint density at radius 2 is 1.58 bits per heavy atom. The van der Waals surface area contributed by atoms with Crippen LogP contribution in [0.2, 0.25) is 0 Å². The second kappa shape index (κ2) is 6.84. The molecule has 3 aromatic rings. The first-order chi connectivity index (χ1) is 12.3. The van der Waals surface area contributed by atoms with Crippen LogP contribution in [0.5, 0.6) is 0 Å². The van der Waals surface area contributed by atoms with Crippen LogP contribution >= 0.6 is 0 Å². The zero-order valence-electron chi connectivity index (χ0n) is 15.1. The number of aryl methyl sites for hydroxylation is 4. The minimum absolute atomic E-state index is 0.0787. The van der Waals surface area contributed by atoms with Gasteiger partial charge in [0.2, 0.25) is 0 Å². The third-order valence-corrected chi connectivity index (χ3v) is 5.66. The van der Waals surface area contributed by atoms with Gasteiger partial charge in [-0.25, -0.2) is 8.42 Å². The summed E-state index contributed by atoms with van der Waals surface area (Å²) in [6.45, 7) is 7.27. The molecule has 0 aliphatic carbocycles. The predicted octanol–water partition coefficient (Wildman–Crippen LogP) is 4.45. The largest absolute Gasteiger partial charge is 0.360 e. The number of anilines is 3. The van der Waals surface area contributed by atoms with Crippen LogP contribution in [0, 0.1) is 27.7 Å². The van der Waals surface area contributed by atoms with Crippen LogP contribution in [-0.4, -0.2) is 13.6 Å². The molecule has 1 heterocycles. The van der Waals surface area contributed by atoms with Crippen molar-refractivity contribution in [2.75, 3.05) is 10.0 Å². The Bertz CT molecular complexity index is 1020. The van der Waals surface area contributed by atoms with Crippen molar-refractivity contribution < 1.29 is 12.9 Å². The lowest BCUT2D eigenvalue weighted by Gasteiger charge is -2.12. The minimum Gasteiger partial charge on any atom is -0.360 e. The highest BCUT2D eigenvalue weighted by Gasteiger charge is 2.24. The van der Waals surface area contributed by atoms with Crippen molar-refractivity contribution in [1.82, 2.24) is 5.16 Å². The molecule has 136 valence electrons. The summed E-state index contributed by atoms with van der Waals surface area (Å²) in [7, 11) is -3.74. The lowest BCUT2D eigenvalue weighted by molar-refractivity contribution is 0.390. The van der Waals surface area contributed by atoms with Gasteiger partial charge in [-0.3, -0.25) is 4.72 Å². The number of sulfonamides is 1. The molecule has 0 aliphatic rings. The maximum absolute atomic E-state index is 12.5. The quantitative estimate of drug-likeness (QED) is 0.692. The number of benzene rings is 2. The molecule has 0 atom stereocenters. The fraction of sp³-hybridized carbons (Fsp3) is 0.211. The lowest BCUT2D eigenvalue weighted by atomic mass is 10.1. The number of hydrogen-bond acceptors (Lipinski definition) is 5. The fourth-order valence-corrected chi connectivity index (χ4v) is 4.19. The molecule has 0 bridgehead atoms. The molecule has 6 nitrogen and oxygen atoms in total. The topological polar surface area (TPSA) is 84.2 Å². The second-order valence-electron chi connectivity index (χ2n) is 6.28. The van der Waals surface area contributed by atoms with Gasteiger partial charge in [0.1, 0.15) is 5.69 Å². The second-order valence-corrected chi connectivity index (χ2v) is 7.90. The molecule has 2 N–H and O–H groups in total. The molecule has 3 rings (SSSR count). The van der Waals surface area contributed by atoms with E-state index in [1.807, 2.05) is 31.2 Å². The maximum atomic E-state index is 12.5. The molecular formula is C19H21N3O3S. The molecule has 0 amide bonds. The summed E-state index contributed by atoms with van der Waals surface area (Å²) in [4.78, 5) is 0.0787. The molecule has 2 aromatic carbocycles. The van der Waals surface area contributed by atoms with Crippen LogP contribution in [0.4, 0.5) is 17.1 Å². The molecule has 0 spiro atoms. The first-order valence-corrected chi connectivity index (χ1v) is 9.64. The lowest BCUT2D eigenvalue weighted by Crippen LogP contribution is -2.14. The van der Waals surface area contributed by atoms with Crippen molar-refractivity contribution in [3.05, 3.63) is 65.0 Å². The average molecular weight is 371 g/mol. The van der Waals surface area contributed by atoms with Gasteiger partial charge in [-0.1, -0.05) is 22.9 Å². The summed E-state index contributed by atoms with van der Waals surface area (Å²) in [5, 5.41) is 7.03. The van der Waals surface area contributed by atoms with Crippen LogP contribution in [0.1, 0.15) is 22.6 Å². The first kappa shape index (κ1) is 18.0. The van der Waals surface area contributed by atoms with Crippen molar-refractivity contribution >= 4 is 27.1 Å². The van der Waals surface area contributed by atoms with E-state index in [1.54, 1.807) is 26.0 Å². The van der Waals surface area contributed by atoms with Crippen molar-refractivity contribution in [3.8, 4) is 0 Å². The van der Waals surface area contributed by atoms with Gasteiger partial charge in [0.25, 0.3) is 10.0 Å². The van der Waals surface area contributed by atoms with Crippen LogP contribution in [0.15, 0.2) is 51.9 Å². The Morgan fingerprint density at radius 3 is 2.15 bits per heavy atom. The molecule has 1 aromatic heterocycles. The van der Waals surface area contributed by atoms with E-state index in [0.29, 0.717) is 11.4 Å². The van der Waals surface area contributed by atoms with Crippen LogP contribution in [-0.2, 0) is 10.0 Å². The van der Waals surface area contributed by atoms with Gasteiger partial charge in [-0.05, 0) is 63.6 Å². The van der Waals surface area contributed by atoms with Gasteiger partial charge in [-0.2, -0.15) is 0 Å². The van der Waals surface area contributed by atoms with E-state index in [1.165, 1.54) is 5.56 Å². The van der Waals surface area contributed by atoms with Gasteiger partial charge in [0, 0.05) is 17.1 Å². The summed E-state index contributed by atoms with van der Waals surface area (Å²) in [5.74, 6) is 0.267. The maximum Gasteiger partial charge on any atom is 0.267 e. The van der Waals surface area contributed by atoms with Gasteiger partial charge in [-0.15, -0.1) is 0 Å². The van der Waals surface area contributed by atoms with Crippen molar-refractivity contribution in [2.45, 2.75) is 32.6 Å². The molecule has 0 radical (unpaired) electrons. The summed E-state index contributed by atoms with van der Waals surface area (Å²) in [5.41, 5.74) is 5.04. The average Bonchev–Trinajstić information content (AvgIpc) is 2.91. The van der Waals surface area contributed by atoms with Crippen LogP contribution in [0.3, 0.4) is 0 Å². The highest BCUT2D eigenvalue weighted by molar-refractivity contribution is 7.92. The Balaban J connectivity index is 1.77.